The highest BCUT2D eigenvalue weighted by molar-refractivity contribution is 7.98. The van der Waals surface area contributed by atoms with E-state index < -0.39 is 0 Å². The smallest absolute Gasteiger partial charge is 0.123 e. The van der Waals surface area contributed by atoms with Gasteiger partial charge in [0.15, 0.2) is 0 Å². The molecular weight excluding hydrogens is 218 g/mol. The quantitative estimate of drug-likeness (QED) is 0.795. The molecule has 1 aliphatic carbocycles. The number of rotatable bonds is 3. The first-order valence-electron chi connectivity index (χ1n) is 5.65. The van der Waals surface area contributed by atoms with Gasteiger partial charge in [-0.15, -0.1) is 11.8 Å². The van der Waals surface area contributed by atoms with Crippen molar-refractivity contribution < 1.29 is 5.11 Å². The van der Waals surface area contributed by atoms with Gasteiger partial charge in [-0.05, 0) is 44.6 Å². The second kappa shape index (κ2) is 3.97. The molecule has 0 radical (unpaired) electrons. The van der Waals surface area contributed by atoms with Gasteiger partial charge in [-0.1, -0.05) is 6.07 Å². The minimum Gasteiger partial charge on any atom is -0.507 e. The predicted molar refractivity (Wildman–Crippen MR) is 69.2 cm³/mol. The summed E-state index contributed by atoms with van der Waals surface area (Å²) in [5, 5.41) is 10.3. The fourth-order valence-electron chi connectivity index (χ4n) is 2.40. The van der Waals surface area contributed by atoms with Gasteiger partial charge in [0.25, 0.3) is 0 Å². The maximum Gasteiger partial charge on any atom is 0.123 e. The Bertz CT molecular complexity index is 411. The molecule has 3 N–H and O–H groups in total. The highest BCUT2D eigenvalue weighted by Crippen LogP contribution is 2.56. The number of nitrogens with two attached hydrogens (primary N) is 1. The van der Waals surface area contributed by atoms with Crippen molar-refractivity contribution in [2.75, 3.05) is 6.26 Å². The molecule has 1 fully saturated rings. The summed E-state index contributed by atoms with van der Waals surface area (Å²) in [6.45, 7) is 3.99. The van der Waals surface area contributed by atoms with Gasteiger partial charge in [0.2, 0.25) is 0 Å². The lowest BCUT2D eigenvalue weighted by Gasteiger charge is -2.24. The highest BCUT2D eigenvalue weighted by Gasteiger charge is 2.50. The van der Waals surface area contributed by atoms with Crippen molar-refractivity contribution in [1.29, 1.82) is 0 Å². The summed E-state index contributed by atoms with van der Waals surface area (Å²) in [6.07, 6.45) is 4.23. The van der Waals surface area contributed by atoms with Gasteiger partial charge in [-0.25, -0.2) is 0 Å². The first-order chi connectivity index (χ1) is 7.53. The molecule has 1 unspecified atom stereocenters. The summed E-state index contributed by atoms with van der Waals surface area (Å²) in [7, 11) is 0. The molecule has 1 aromatic rings. The van der Waals surface area contributed by atoms with Crippen LogP contribution in [0.4, 0.5) is 0 Å². The number of benzene rings is 1. The van der Waals surface area contributed by atoms with Crippen molar-refractivity contribution in [3.63, 3.8) is 0 Å². The number of phenols is 1. The zero-order chi connectivity index (χ0) is 11.9. The molecule has 2 nitrogen and oxygen atoms in total. The molecule has 1 aliphatic rings. The lowest BCUT2D eigenvalue weighted by molar-refractivity contribution is 0.438. The Hall–Kier alpha value is -0.670. The number of hydrogen-bond donors (Lipinski definition) is 2. The van der Waals surface area contributed by atoms with Crippen molar-refractivity contribution in [2.24, 2.45) is 5.73 Å². The van der Waals surface area contributed by atoms with Crippen molar-refractivity contribution in [3.8, 4) is 5.75 Å². The molecule has 0 amide bonds. The van der Waals surface area contributed by atoms with Crippen LogP contribution in [-0.4, -0.2) is 17.4 Å². The zero-order valence-corrected chi connectivity index (χ0v) is 10.9. The van der Waals surface area contributed by atoms with Crippen LogP contribution in [0.15, 0.2) is 17.0 Å². The van der Waals surface area contributed by atoms with E-state index in [0.29, 0.717) is 5.75 Å². The standard InChI is InChI=1S/C13H19NOS/c1-8-4-5-10(16-3)11(12(8)15)13(6-7-13)9(2)14/h4-5,9,15H,6-7,14H2,1-3H3. The lowest BCUT2D eigenvalue weighted by Crippen LogP contribution is -2.32. The van der Waals surface area contributed by atoms with E-state index in [-0.39, 0.29) is 11.5 Å². The van der Waals surface area contributed by atoms with Gasteiger partial charge < -0.3 is 10.8 Å². The molecule has 0 bridgehead atoms. The third kappa shape index (κ3) is 1.62. The Labute approximate surface area is 101 Å². The van der Waals surface area contributed by atoms with Gasteiger partial charge in [0.1, 0.15) is 5.75 Å². The van der Waals surface area contributed by atoms with E-state index in [1.165, 1.54) is 0 Å². The van der Waals surface area contributed by atoms with Crippen LogP contribution < -0.4 is 5.73 Å². The fourth-order valence-corrected chi connectivity index (χ4v) is 3.10. The van der Waals surface area contributed by atoms with Gasteiger partial charge in [0, 0.05) is 21.9 Å². The van der Waals surface area contributed by atoms with E-state index >= 15 is 0 Å². The van der Waals surface area contributed by atoms with E-state index in [2.05, 4.69) is 6.07 Å². The minimum absolute atomic E-state index is 0.0223. The third-order valence-corrected chi connectivity index (χ3v) is 4.50. The molecular formula is C13H19NOS. The molecule has 16 heavy (non-hydrogen) atoms. The van der Waals surface area contributed by atoms with E-state index in [4.69, 9.17) is 5.73 Å². The van der Waals surface area contributed by atoms with Crippen LogP contribution >= 0.6 is 11.8 Å². The summed E-state index contributed by atoms with van der Waals surface area (Å²) in [4.78, 5) is 1.16. The van der Waals surface area contributed by atoms with E-state index in [1.54, 1.807) is 11.8 Å². The molecule has 1 saturated carbocycles. The Balaban J connectivity index is 2.58. The summed E-state index contributed by atoms with van der Waals surface area (Å²) < 4.78 is 0. The second-order valence-corrected chi connectivity index (χ2v) is 5.60. The molecule has 0 aliphatic heterocycles. The number of aromatic hydroxyl groups is 1. The Morgan fingerprint density at radius 3 is 2.50 bits per heavy atom. The van der Waals surface area contributed by atoms with Crippen molar-refractivity contribution in [1.82, 2.24) is 0 Å². The van der Waals surface area contributed by atoms with E-state index in [1.807, 2.05) is 26.2 Å². The summed E-state index contributed by atoms with van der Waals surface area (Å²) >= 11 is 1.69. The summed E-state index contributed by atoms with van der Waals surface area (Å²) in [6, 6.07) is 4.17. The van der Waals surface area contributed by atoms with Crippen LogP contribution in [0.2, 0.25) is 0 Å². The van der Waals surface area contributed by atoms with E-state index in [9.17, 15) is 5.11 Å². The molecule has 3 heteroatoms. The van der Waals surface area contributed by atoms with Crippen LogP contribution in [0.25, 0.3) is 0 Å². The third-order valence-electron chi connectivity index (χ3n) is 3.72. The van der Waals surface area contributed by atoms with Crippen molar-refractivity contribution >= 4 is 11.8 Å². The number of aryl methyl sites for hydroxylation is 1. The molecule has 1 aromatic carbocycles. The van der Waals surface area contributed by atoms with Gasteiger partial charge in [-0.3, -0.25) is 0 Å². The van der Waals surface area contributed by atoms with Crippen molar-refractivity contribution in [2.45, 2.75) is 43.0 Å². The second-order valence-electron chi connectivity index (χ2n) is 4.75. The van der Waals surface area contributed by atoms with E-state index in [0.717, 1.165) is 28.9 Å². The van der Waals surface area contributed by atoms with Gasteiger partial charge in [-0.2, -0.15) is 0 Å². The maximum atomic E-state index is 10.3. The van der Waals surface area contributed by atoms with Gasteiger partial charge >= 0.3 is 0 Å². The van der Waals surface area contributed by atoms with Crippen LogP contribution in [0.3, 0.4) is 0 Å². The average molecular weight is 237 g/mol. The average Bonchev–Trinajstić information content (AvgIpc) is 3.03. The molecule has 0 aromatic heterocycles. The minimum atomic E-state index is 0.0223. The maximum absolute atomic E-state index is 10.3. The van der Waals surface area contributed by atoms with Crippen LogP contribution in [-0.2, 0) is 5.41 Å². The summed E-state index contributed by atoms with van der Waals surface area (Å²) in [5.74, 6) is 0.446. The van der Waals surface area contributed by atoms with Gasteiger partial charge in [0.05, 0.1) is 0 Å². The van der Waals surface area contributed by atoms with Crippen LogP contribution in [0.1, 0.15) is 30.9 Å². The van der Waals surface area contributed by atoms with Crippen molar-refractivity contribution in [3.05, 3.63) is 23.3 Å². The zero-order valence-electron chi connectivity index (χ0n) is 10.1. The lowest BCUT2D eigenvalue weighted by atomic mass is 9.87. The first-order valence-corrected chi connectivity index (χ1v) is 6.88. The molecule has 1 atom stereocenters. The Morgan fingerprint density at radius 1 is 1.44 bits per heavy atom. The fraction of sp³-hybridized carbons (Fsp3) is 0.538. The number of hydrogen-bond acceptors (Lipinski definition) is 3. The number of thioether (sulfide) groups is 1. The highest BCUT2D eigenvalue weighted by atomic mass is 32.2. The molecule has 0 heterocycles. The molecule has 2 rings (SSSR count). The molecule has 88 valence electrons. The monoisotopic (exact) mass is 237 g/mol. The topological polar surface area (TPSA) is 46.2 Å². The van der Waals surface area contributed by atoms with Crippen LogP contribution in [0.5, 0.6) is 5.75 Å². The normalized spacial score (nSPS) is 19.5. The largest absolute Gasteiger partial charge is 0.507 e. The predicted octanol–water partition coefficient (Wildman–Crippen LogP) is 2.80. The summed E-state index contributed by atoms with van der Waals surface area (Å²) in [5.41, 5.74) is 8.13. The first kappa shape index (κ1) is 11.8. The Kier molecular flexibility index (Phi) is 2.93. The SMILES string of the molecule is CSc1ccc(C)c(O)c1C1(C(C)N)CC1. The van der Waals surface area contributed by atoms with Crippen LogP contribution in [0, 0.1) is 6.92 Å². The molecule has 0 saturated heterocycles. The number of phenolic OH excluding ortho intramolecular Hbond substituents is 1. The molecule has 0 spiro atoms. The Morgan fingerprint density at radius 2 is 2.06 bits per heavy atom.